The molecule has 0 unspecified atom stereocenters. The molecule has 18 heavy (non-hydrogen) atoms. The van der Waals surface area contributed by atoms with E-state index in [1.165, 1.54) is 30.3 Å². The Hall–Kier alpha value is -1.11. The third-order valence-corrected chi connectivity index (χ3v) is 3.34. The van der Waals surface area contributed by atoms with Gasteiger partial charge in [-0.3, -0.25) is 0 Å². The Morgan fingerprint density at radius 1 is 0.944 bits per heavy atom. The normalized spacial score (nSPS) is 11.6. The molecule has 0 saturated carbocycles. The van der Waals surface area contributed by atoms with E-state index in [0.29, 0.717) is 3.57 Å². The first-order valence-corrected chi connectivity index (χ1v) is 6.09. The topological polar surface area (TPSA) is 0 Å². The van der Waals surface area contributed by atoms with E-state index >= 15 is 0 Å². The van der Waals surface area contributed by atoms with Gasteiger partial charge in [0.2, 0.25) is 0 Å². The third-order valence-electron chi connectivity index (χ3n) is 2.46. The largest absolute Gasteiger partial charge is 0.417 e. The predicted molar refractivity (Wildman–Crippen MR) is 69.6 cm³/mol. The molecule has 0 radical (unpaired) electrons. The van der Waals surface area contributed by atoms with Crippen molar-refractivity contribution in [2.75, 3.05) is 0 Å². The maximum atomic E-state index is 13.4. The molecule has 2 aromatic rings. The summed E-state index contributed by atoms with van der Waals surface area (Å²) in [6, 6.07) is 9.20. The summed E-state index contributed by atoms with van der Waals surface area (Å²) in [5, 5.41) is 0. The number of alkyl halides is 3. The summed E-state index contributed by atoms with van der Waals surface area (Å²) in [5.74, 6) is -0.523. The maximum Gasteiger partial charge on any atom is 0.417 e. The van der Waals surface area contributed by atoms with E-state index in [1.54, 1.807) is 22.6 Å². The molecular weight excluding hydrogens is 359 g/mol. The molecule has 0 bridgehead atoms. The van der Waals surface area contributed by atoms with Gasteiger partial charge in [-0.2, -0.15) is 13.2 Å². The van der Waals surface area contributed by atoms with E-state index in [1.807, 2.05) is 0 Å². The lowest BCUT2D eigenvalue weighted by Crippen LogP contribution is -2.06. The van der Waals surface area contributed by atoms with Crippen LogP contribution in [0.25, 0.3) is 11.1 Å². The number of benzene rings is 2. The van der Waals surface area contributed by atoms with E-state index in [0.717, 1.165) is 12.1 Å². The van der Waals surface area contributed by atoms with Crippen LogP contribution >= 0.6 is 22.6 Å². The summed E-state index contributed by atoms with van der Waals surface area (Å²) in [6.45, 7) is 0. The average molecular weight is 366 g/mol. The average Bonchev–Trinajstić information content (AvgIpc) is 2.32. The van der Waals surface area contributed by atoms with Crippen LogP contribution in [0.3, 0.4) is 0 Å². The molecule has 0 saturated heterocycles. The minimum Gasteiger partial charge on any atom is -0.206 e. The van der Waals surface area contributed by atoms with Crippen molar-refractivity contribution in [1.29, 1.82) is 0 Å². The first kappa shape index (κ1) is 13.3. The van der Waals surface area contributed by atoms with Crippen molar-refractivity contribution < 1.29 is 17.6 Å². The van der Waals surface area contributed by atoms with Gasteiger partial charge in [-0.05, 0) is 51.9 Å². The van der Waals surface area contributed by atoms with E-state index in [9.17, 15) is 17.6 Å². The van der Waals surface area contributed by atoms with Crippen LogP contribution in [0.15, 0.2) is 42.5 Å². The molecule has 0 fully saturated rings. The molecule has 0 spiro atoms. The minimum atomic E-state index is -4.45. The summed E-state index contributed by atoms with van der Waals surface area (Å²) >= 11 is 1.79. The van der Waals surface area contributed by atoms with Gasteiger partial charge in [0.15, 0.2) is 0 Å². The van der Waals surface area contributed by atoms with Crippen LogP contribution in [0.5, 0.6) is 0 Å². The second kappa shape index (κ2) is 4.87. The van der Waals surface area contributed by atoms with Crippen molar-refractivity contribution in [1.82, 2.24) is 0 Å². The third kappa shape index (κ3) is 2.66. The fourth-order valence-corrected chi connectivity index (χ4v) is 1.98. The molecule has 0 aliphatic heterocycles. The smallest absolute Gasteiger partial charge is 0.206 e. The van der Waals surface area contributed by atoms with Gasteiger partial charge in [-0.25, -0.2) is 4.39 Å². The van der Waals surface area contributed by atoms with E-state index < -0.39 is 17.6 Å². The first-order valence-electron chi connectivity index (χ1n) is 5.01. The Bertz CT molecular complexity index is 575. The SMILES string of the molecule is Fc1cc(-c2ccccc2C(F)(F)F)ccc1I. The summed E-state index contributed by atoms with van der Waals surface area (Å²) in [6.07, 6.45) is -4.45. The number of halogens is 5. The Morgan fingerprint density at radius 3 is 2.22 bits per heavy atom. The van der Waals surface area contributed by atoms with Gasteiger partial charge in [0, 0.05) is 3.57 Å². The molecule has 94 valence electrons. The zero-order valence-corrected chi connectivity index (χ0v) is 11.1. The fraction of sp³-hybridized carbons (Fsp3) is 0.0769. The summed E-state index contributed by atoms with van der Waals surface area (Å²) in [4.78, 5) is 0. The Labute approximate surface area is 115 Å². The molecule has 5 heteroatoms. The van der Waals surface area contributed by atoms with Crippen molar-refractivity contribution in [3.63, 3.8) is 0 Å². The molecular formula is C13H7F4I. The van der Waals surface area contributed by atoms with E-state index in [2.05, 4.69) is 0 Å². The lowest BCUT2D eigenvalue weighted by atomic mass is 9.99. The van der Waals surface area contributed by atoms with Crippen LogP contribution in [0, 0.1) is 9.39 Å². The highest BCUT2D eigenvalue weighted by atomic mass is 127. The lowest BCUT2D eigenvalue weighted by molar-refractivity contribution is -0.137. The zero-order valence-electron chi connectivity index (χ0n) is 8.93. The molecule has 0 amide bonds. The van der Waals surface area contributed by atoms with Crippen LogP contribution in [0.1, 0.15) is 5.56 Å². The van der Waals surface area contributed by atoms with Gasteiger partial charge in [0.05, 0.1) is 5.56 Å². The number of hydrogen-bond donors (Lipinski definition) is 0. The van der Waals surface area contributed by atoms with Gasteiger partial charge in [-0.1, -0.05) is 24.3 Å². The van der Waals surface area contributed by atoms with Crippen LogP contribution in [0.4, 0.5) is 17.6 Å². The quantitative estimate of drug-likeness (QED) is 0.486. The van der Waals surface area contributed by atoms with E-state index in [-0.39, 0.29) is 11.1 Å². The molecule has 0 nitrogen and oxygen atoms in total. The van der Waals surface area contributed by atoms with Crippen molar-refractivity contribution in [2.24, 2.45) is 0 Å². The molecule has 0 atom stereocenters. The van der Waals surface area contributed by atoms with Gasteiger partial charge in [0.25, 0.3) is 0 Å². The molecule has 2 aromatic carbocycles. The highest BCUT2D eigenvalue weighted by molar-refractivity contribution is 14.1. The minimum absolute atomic E-state index is 0.0136. The second-order valence-electron chi connectivity index (χ2n) is 3.67. The highest BCUT2D eigenvalue weighted by Crippen LogP contribution is 2.37. The Kier molecular flexibility index (Phi) is 3.61. The van der Waals surface area contributed by atoms with Crippen LogP contribution in [-0.4, -0.2) is 0 Å². The molecule has 0 N–H and O–H groups in total. The van der Waals surface area contributed by atoms with Crippen molar-refractivity contribution >= 4 is 22.6 Å². The summed E-state index contributed by atoms with van der Waals surface area (Å²) in [7, 11) is 0. The van der Waals surface area contributed by atoms with Gasteiger partial charge < -0.3 is 0 Å². The summed E-state index contributed by atoms with van der Waals surface area (Å²) in [5.41, 5.74) is -0.549. The fourth-order valence-electron chi connectivity index (χ4n) is 1.65. The molecule has 0 heterocycles. The van der Waals surface area contributed by atoms with Gasteiger partial charge in [0.1, 0.15) is 5.82 Å². The predicted octanol–water partition coefficient (Wildman–Crippen LogP) is 5.12. The van der Waals surface area contributed by atoms with Gasteiger partial charge in [-0.15, -0.1) is 0 Å². The molecule has 0 aliphatic carbocycles. The van der Waals surface area contributed by atoms with Gasteiger partial charge >= 0.3 is 6.18 Å². The standard InChI is InChI=1S/C13H7F4I/c14-11-7-8(5-6-12(11)18)9-3-1-2-4-10(9)13(15,16)17/h1-7H. The maximum absolute atomic E-state index is 13.4. The van der Waals surface area contributed by atoms with Crippen LogP contribution in [0.2, 0.25) is 0 Å². The summed E-state index contributed by atoms with van der Waals surface area (Å²) < 4.78 is 52.2. The Morgan fingerprint density at radius 2 is 1.61 bits per heavy atom. The first-order chi connectivity index (χ1) is 8.39. The van der Waals surface area contributed by atoms with E-state index in [4.69, 9.17) is 0 Å². The number of hydrogen-bond acceptors (Lipinski definition) is 0. The lowest BCUT2D eigenvalue weighted by Gasteiger charge is -2.12. The highest BCUT2D eigenvalue weighted by Gasteiger charge is 2.33. The van der Waals surface area contributed by atoms with Crippen molar-refractivity contribution in [3.05, 3.63) is 57.4 Å². The van der Waals surface area contributed by atoms with Crippen molar-refractivity contribution in [2.45, 2.75) is 6.18 Å². The number of rotatable bonds is 1. The molecule has 0 aromatic heterocycles. The van der Waals surface area contributed by atoms with Crippen LogP contribution in [-0.2, 0) is 6.18 Å². The van der Waals surface area contributed by atoms with Crippen molar-refractivity contribution in [3.8, 4) is 11.1 Å². The molecule has 0 aliphatic rings. The second-order valence-corrected chi connectivity index (χ2v) is 4.83. The van der Waals surface area contributed by atoms with Crippen LogP contribution < -0.4 is 0 Å². The Balaban J connectivity index is 2.61. The monoisotopic (exact) mass is 366 g/mol. The zero-order chi connectivity index (χ0) is 13.3. The molecule has 2 rings (SSSR count).